The summed E-state index contributed by atoms with van der Waals surface area (Å²) in [5.74, 6) is 0.762. The predicted molar refractivity (Wildman–Crippen MR) is 113 cm³/mol. The number of rotatable bonds is 5. The van der Waals surface area contributed by atoms with E-state index >= 15 is 0 Å². The molecule has 0 unspecified atom stereocenters. The molecular weight excluding hydrogens is 412 g/mol. The van der Waals surface area contributed by atoms with Crippen LogP contribution in [0.1, 0.15) is 5.56 Å². The predicted octanol–water partition coefficient (Wildman–Crippen LogP) is 2.41. The summed E-state index contributed by atoms with van der Waals surface area (Å²) in [6.45, 7) is 0.783. The van der Waals surface area contributed by atoms with Gasteiger partial charge in [-0.1, -0.05) is 29.8 Å². The maximum Gasteiger partial charge on any atom is 0.241 e. The molecule has 2 saturated heterocycles. The monoisotopic (exact) mass is 434 g/mol. The first-order chi connectivity index (χ1) is 13.9. The minimum atomic E-state index is -3.22. The molecule has 4 rings (SSSR count). The van der Waals surface area contributed by atoms with Crippen molar-refractivity contribution in [2.45, 2.75) is 18.5 Å². The third kappa shape index (κ3) is 4.13. The standard InChI is InChI=1S/C21H23ClN2O4S/c1-28-20-5-3-2-4-15(20)10-11-23-12-21(25)24(17-8-6-16(22)7-9-17)19-14-29(26,27)13-18(19)23/h2-9,18-19H,10-14H2,1H3/t18-,19-/m1/s1. The van der Waals surface area contributed by atoms with Gasteiger partial charge in [-0.25, -0.2) is 8.42 Å². The van der Waals surface area contributed by atoms with Gasteiger partial charge in [0, 0.05) is 23.3 Å². The smallest absolute Gasteiger partial charge is 0.241 e. The molecule has 2 fully saturated rings. The fourth-order valence-corrected chi connectivity index (χ4v) is 6.42. The number of benzene rings is 2. The van der Waals surface area contributed by atoms with Crippen LogP contribution in [0.2, 0.25) is 5.02 Å². The minimum Gasteiger partial charge on any atom is -0.496 e. The van der Waals surface area contributed by atoms with Gasteiger partial charge in [0.15, 0.2) is 9.84 Å². The van der Waals surface area contributed by atoms with Crippen molar-refractivity contribution >= 4 is 33.0 Å². The van der Waals surface area contributed by atoms with Crippen LogP contribution in [-0.4, -0.2) is 63.0 Å². The average molecular weight is 435 g/mol. The molecule has 2 aromatic rings. The summed E-state index contributed by atoms with van der Waals surface area (Å²) in [5, 5.41) is 0.576. The molecule has 2 heterocycles. The van der Waals surface area contributed by atoms with Crippen molar-refractivity contribution in [1.29, 1.82) is 0 Å². The first kappa shape index (κ1) is 20.2. The third-order valence-corrected chi connectivity index (χ3v) is 7.62. The van der Waals surface area contributed by atoms with Crippen molar-refractivity contribution in [2.75, 3.05) is 36.6 Å². The van der Waals surface area contributed by atoms with Gasteiger partial charge in [0.05, 0.1) is 31.2 Å². The number of amides is 1. The number of piperazine rings is 1. The van der Waals surface area contributed by atoms with Gasteiger partial charge in [0.2, 0.25) is 5.91 Å². The Morgan fingerprint density at radius 2 is 1.76 bits per heavy atom. The van der Waals surface area contributed by atoms with E-state index in [0.717, 1.165) is 11.3 Å². The zero-order valence-corrected chi connectivity index (χ0v) is 17.7. The van der Waals surface area contributed by atoms with Crippen molar-refractivity contribution in [3.05, 3.63) is 59.1 Å². The second-order valence-corrected chi connectivity index (χ2v) is 10.1. The van der Waals surface area contributed by atoms with E-state index in [4.69, 9.17) is 16.3 Å². The van der Waals surface area contributed by atoms with Gasteiger partial charge < -0.3 is 9.64 Å². The van der Waals surface area contributed by atoms with Crippen LogP contribution in [0.3, 0.4) is 0 Å². The lowest BCUT2D eigenvalue weighted by Gasteiger charge is -2.43. The normalized spacial score (nSPS) is 23.8. The molecule has 29 heavy (non-hydrogen) atoms. The SMILES string of the molecule is COc1ccccc1CCN1CC(=O)N(c2ccc(Cl)cc2)[C@@H]2CS(=O)(=O)C[C@H]21. The van der Waals surface area contributed by atoms with E-state index in [-0.39, 0.29) is 36.0 Å². The topological polar surface area (TPSA) is 66.9 Å². The Morgan fingerprint density at radius 1 is 1.07 bits per heavy atom. The van der Waals surface area contributed by atoms with Crippen LogP contribution in [0.4, 0.5) is 5.69 Å². The summed E-state index contributed by atoms with van der Waals surface area (Å²) in [7, 11) is -1.58. The molecule has 2 aliphatic heterocycles. The molecular formula is C21H23ClN2O4S. The van der Waals surface area contributed by atoms with Crippen LogP contribution in [0.15, 0.2) is 48.5 Å². The lowest BCUT2D eigenvalue weighted by Crippen LogP contribution is -2.62. The van der Waals surface area contributed by atoms with E-state index in [1.54, 1.807) is 36.3 Å². The van der Waals surface area contributed by atoms with Gasteiger partial charge in [-0.15, -0.1) is 0 Å². The van der Waals surface area contributed by atoms with Crippen molar-refractivity contribution < 1.29 is 17.9 Å². The zero-order chi connectivity index (χ0) is 20.6. The van der Waals surface area contributed by atoms with E-state index < -0.39 is 9.84 Å². The Hall–Kier alpha value is -2.09. The third-order valence-electron chi connectivity index (χ3n) is 5.67. The molecule has 0 bridgehead atoms. The lowest BCUT2D eigenvalue weighted by atomic mass is 10.0. The number of fused-ring (bicyclic) bond motifs is 1. The van der Waals surface area contributed by atoms with Gasteiger partial charge in [-0.2, -0.15) is 0 Å². The number of para-hydroxylation sites is 1. The summed E-state index contributed by atoms with van der Waals surface area (Å²) in [6.07, 6.45) is 0.682. The van der Waals surface area contributed by atoms with E-state index in [1.807, 2.05) is 29.2 Å². The van der Waals surface area contributed by atoms with Gasteiger partial charge in [-0.3, -0.25) is 9.69 Å². The molecule has 0 aromatic heterocycles. The highest BCUT2D eigenvalue weighted by atomic mass is 35.5. The molecule has 8 heteroatoms. The Kier molecular flexibility index (Phi) is 5.55. The highest BCUT2D eigenvalue weighted by Gasteiger charge is 2.49. The summed E-state index contributed by atoms with van der Waals surface area (Å²) < 4.78 is 30.3. The van der Waals surface area contributed by atoms with Crippen LogP contribution in [0.25, 0.3) is 0 Å². The van der Waals surface area contributed by atoms with Crippen LogP contribution in [-0.2, 0) is 21.1 Å². The van der Waals surface area contributed by atoms with Gasteiger partial charge in [-0.05, 0) is 42.3 Å². The van der Waals surface area contributed by atoms with Crippen molar-refractivity contribution in [3.8, 4) is 5.75 Å². The molecule has 2 aromatic carbocycles. The Balaban J connectivity index is 1.58. The van der Waals surface area contributed by atoms with Crippen LogP contribution in [0.5, 0.6) is 5.75 Å². The number of anilines is 1. The Labute approximate surface area is 175 Å². The number of hydrogen-bond donors (Lipinski definition) is 0. The first-order valence-corrected chi connectivity index (χ1v) is 11.7. The molecule has 0 radical (unpaired) electrons. The first-order valence-electron chi connectivity index (χ1n) is 9.52. The zero-order valence-electron chi connectivity index (χ0n) is 16.1. The molecule has 2 aliphatic rings. The number of carbonyl (C=O) groups is 1. The van der Waals surface area contributed by atoms with E-state index in [1.165, 1.54) is 0 Å². The van der Waals surface area contributed by atoms with Gasteiger partial charge in [0.1, 0.15) is 5.75 Å². The number of ether oxygens (including phenoxy) is 1. The second kappa shape index (κ2) is 7.97. The minimum absolute atomic E-state index is 0.0167. The Morgan fingerprint density at radius 3 is 2.48 bits per heavy atom. The van der Waals surface area contributed by atoms with E-state index in [0.29, 0.717) is 23.7 Å². The number of methoxy groups -OCH3 is 1. The van der Waals surface area contributed by atoms with Gasteiger partial charge in [0.25, 0.3) is 0 Å². The summed E-state index contributed by atoms with van der Waals surface area (Å²) in [5.41, 5.74) is 1.73. The van der Waals surface area contributed by atoms with Crippen LogP contribution < -0.4 is 9.64 Å². The van der Waals surface area contributed by atoms with Crippen LogP contribution >= 0.6 is 11.6 Å². The number of halogens is 1. The summed E-state index contributed by atoms with van der Waals surface area (Å²) in [6, 6.07) is 14.1. The van der Waals surface area contributed by atoms with Crippen molar-refractivity contribution in [3.63, 3.8) is 0 Å². The van der Waals surface area contributed by atoms with E-state index in [2.05, 4.69) is 0 Å². The molecule has 0 N–H and O–H groups in total. The van der Waals surface area contributed by atoms with Gasteiger partial charge >= 0.3 is 0 Å². The fourth-order valence-electron chi connectivity index (χ4n) is 4.31. The second-order valence-electron chi connectivity index (χ2n) is 7.48. The van der Waals surface area contributed by atoms with Crippen LogP contribution in [0, 0.1) is 0 Å². The molecule has 0 saturated carbocycles. The Bertz CT molecular complexity index is 1010. The highest BCUT2D eigenvalue weighted by Crippen LogP contribution is 2.32. The number of sulfone groups is 1. The van der Waals surface area contributed by atoms with Crippen molar-refractivity contribution in [2.24, 2.45) is 0 Å². The fraction of sp³-hybridized carbons (Fsp3) is 0.381. The lowest BCUT2D eigenvalue weighted by molar-refractivity contribution is -0.123. The quantitative estimate of drug-likeness (QED) is 0.723. The highest BCUT2D eigenvalue weighted by molar-refractivity contribution is 7.91. The number of nitrogens with zero attached hydrogens (tertiary/aromatic N) is 2. The molecule has 0 aliphatic carbocycles. The largest absolute Gasteiger partial charge is 0.496 e. The maximum atomic E-state index is 13.0. The van der Waals surface area contributed by atoms with Crippen molar-refractivity contribution in [1.82, 2.24) is 4.90 Å². The van der Waals surface area contributed by atoms with E-state index in [9.17, 15) is 13.2 Å². The molecule has 0 spiro atoms. The molecule has 1 amide bonds. The maximum absolute atomic E-state index is 13.0. The molecule has 2 atom stereocenters. The molecule has 154 valence electrons. The number of hydrogen-bond acceptors (Lipinski definition) is 5. The molecule has 6 nitrogen and oxygen atoms in total. The number of carbonyl (C=O) groups excluding carboxylic acids is 1. The summed E-state index contributed by atoms with van der Waals surface area (Å²) in [4.78, 5) is 16.7. The summed E-state index contributed by atoms with van der Waals surface area (Å²) >= 11 is 5.97. The average Bonchev–Trinajstić information content (AvgIpc) is 3.02.